The first-order valence-electron chi connectivity index (χ1n) is 4.53. The van der Waals surface area contributed by atoms with E-state index < -0.39 is 5.97 Å². The average molecular weight is 205 g/mol. The minimum atomic E-state index is -1.11. The molecule has 0 amide bonds. The number of hydrogen-bond donors (Lipinski definition) is 2. The van der Waals surface area contributed by atoms with Crippen molar-refractivity contribution < 1.29 is 15.0 Å². The van der Waals surface area contributed by atoms with Gasteiger partial charge in [0.05, 0.1) is 5.52 Å². The minimum absolute atomic E-state index is 0.0619. The molecule has 0 spiro atoms. The van der Waals surface area contributed by atoms with Gasteiger partial charge in [0.2, 0.25) is 0 Å². The molecular weight excluding hydrogens is 194 g/mol. The van der Waals surface area contributed by atoms with E-state index in [9.17, 15) is 9.90 Å². The SMILES string of the molecule is Cc1cc2c(O)c(C(=O)O)ccc2n1C. The van der Waals surface area contributed by atoms with Crippen LogP contribution in [0.4, 0.5) is 0 Å². The Morgan fingerprint density at radius 2 is 2.07 bits per heavy atom. The first kappa shape index (κ1) is 9.58. The molecule has 1 aromatic carbocycles. The summed E-state index contributed by atoms with van der Waals surface area (Å²) in [6.45, 7) is 1.90. The highest BCUT2D eigenvalue weighted by molar-refractivity contribution is 5.99. The molecule has 2 rings (SSSR count). The number of nitrogens with zero attached hydrogens (tertiary/aromatic N) is 1. The molecule has 0 saturated heterocycles. The van der Waals surface area contributed by atoms with E-state index in [0.717, 1.165) is 11.2 Å². The van der Waals surface area contributed by atoms with E-state index in [1.165, 1.54) is 6.07 Å². The Morgan fingerprint density at radius 3 is 2.67 bits per heavy atom. The molecule has 1 heterocycles. The van der Waals surface area contributed by atoms with Gasteiger partial charge in [-0.15, -0.1) is 0 Å². The molecular formula is C11H11NO3. The van der Waals surface area contributed by atoms with Crippen molar-refractivity contribution in [2.45, 2.75) is 6.92 Å². The normalized spacial score (nSPS) is 10.8. The molecule has 78 valence electrons. The van der Waals surface area contributed by atoms with Crippen LogP contribution in [0.2, 0.25) is 0 Å². The predicted molar refractivity (Wildman–Crippen MR) is 56.3 cm³/mol. The molecule has 4 heteroatoms. The molecule has 0 aliphatic rings. The van der Waals surface area contributed by atoms with Crippen LogP contribution >= 0.6 is 0 Å². The molecule has 0 saturated carbocycles. The van der Waals surface area contributed by atoms with E-state index in [0.29, 0.717) is 5.39 Å². The van der Waals surface area contributed by atoms with Gasteiger partial charge in [0.15, 0.2) is 0 Å². The van der Waals surface area contributed by atoms with Crippen molar-refractivity contribution in [3.05, 3.63) is 29.5 Å². The number of aryl methyl sites for hydroxylation is 2. The molecule has 4 nitrogen and oxygen atoms in total. The maximum absolute atomic E-state index is 10.8. The Hall–Kier alpha value is -1.97. The number of benzene rings is 1. The summed E-state index contributed by atoms with van der Waals surface area (Å²) in [5.74, 6) is -1.28. The van der Waals surface area contributed by atoms with Crippen LogP contribution in [0.3, 0.4) is 0 Å². The molecule has 0 atom stereocenters. The summed E-state index contributed by atoms with van der Waals surface area (Å²) < 4.78 is 1.90. The second-order valence-corrected chi connectivity index (χ2v) is 3.54. The third-order valence-electron chi connectivity index (χ3n) is 2.67. The van der Waals surface area contributed by atoms with Gasteiger partial charge in [-0.05, 0) is 25.1 Å². The van der Waals surface area contributed by atoms with Crippen molar-refractivity contribution >= 4 is 16.9 Å². The van der Waals surface area contributed by atoms with Crippen LogP contribution in [0.5, 0.6) is 5.75 Å². The van der Waals surface area contributed by atoms with Gasteiger partial charge in [0.25, 0.3) is 0 Å². The number of rotatable bonds is 1. The van der Waals surface area contributed by atoms with E-state index >= 15 is 0 Å². The summed E-state index contributed by atoms with van der Waals surface area (Å²) in [6, 6.07) is 4.89. The smallest absolute Gasteiger partial charge is 0.339 e. The largest absolute Gasteiger partial charge is 0.506 e. The van der Waals surface area contributed by atoms with Crippen LogP contribution in [-0.2, 0) is 7.05 Å². The monoisotopic (exact) mass is 205 g/mol. The Kier molecular flexibility index (Phi) is 1.93. The summed E-state index contributed by atoms with van der Waals surface area (Å²) in [6.07, 6.45) is 0. The fourth-order valence-electron chi connectivity index (χ4n) is 1.70. The van der Waals surface area contributed by atoms with Gasteiger partial charge >= 0.3 is 5.97 Å². The standard InChI is InChI=1S/C11H11NO3/c1-6-5-8-9(12(6)2)4-3-7(10(8)13)11(14)15/h3-5,13H,1-2H3,(H,14,15). The summed E-state index contributed by atoms with van der Waals surface area (Å²) in [5, 5.41) is 19.2. The Morgan fingerprint density at radius 1 is 1.40 bits per heavy atom. The van der Waals surface area contributed by atoms with E-state index in [2.05, 4.69) is 0 Å². The van der Waals surface area contributed by atoms with Crippen LogP contribution in [0.15, 0.2) is 18.2 Å². The Bertz CT molecular complexity index is 554. The lowest BCUT2D eigenvalue weighted by Gasteiger charge is -2.02. The number of fused-ring (bicyclic) bond motifs is 1. The average Bonchev–Trinajstić information content (AvgIpc) is 2.45. The topological polar surface area (TPSA) is 62.5 Å². The van der Waals surface area contributed by atoms with E-state index in [4.69, 9.17) is 5.11 Å². The third kappa shape index (κ3) is 1.26. The van der Waals surface area contributed by atoms with Crippen LogP contribution in [0, 0.1) is 6.92 Å². The molecule has 0 aliphatic heterocycles. The highest BCUT2D eigenvalue weighted by Crippen LogP contribution is 2.30. The lowest BCUT2D eigenvalue weighted by atomic mass is 10.1. The van der Waals surface area contributed by atoms with Crippen LogP contribution in [0.25, 0.3) is 10.9 Å². The Balaban J connectivity index is 2.85. The number of carboxylic acid groups (broad SMARTS) is 1. The quantitative estimate of drug-likeness (QED) is 0.747. The third-order valence-corrected chi connectivity index (χ3v) is 2.67. The molecule has 0 radical (unpaired) electrons. The van der Waals surface area contributed by atoms with Gasteiger partial charge in [0, 0.05) is 18.1 Å². The van der Waals surface area contributed by atoms with Gasteiger partial charge in [-0.3, -0.25) is 0 Å². The summed E-state index contributed by atoms with van der Waals surface area (Å²) in [7, 11) is 1.87. The molecule has 0 aliphatic carbocycles. The fraction of sp³-hybridized carbons (Fsp3) is 0.182. The number of carbonyl (C=O) groups is 1. The molecule has 15 heavy (non-hydrogen) atoms. The summed E-state index contributed by atoms with van der Waals surface area (Å²) in [4.78, 5) is 10.8. The van der Waals surface area contributed by atoms with E-state index in [1.807, 2.05) is 18.5 Å². The molecule has 0 unspecified atom stereocenters. The van der Waals surface area contributed by atoms with Crippen molar-refractivity contribution in [2.24, 2.45) is 7.05 Å². The number of aromatic nitrogens is 1. The zero-order chi connectivity index (χ0) is 11.2. The maximum atomic E-state index is 10.8. The zero-order valence-corrected chi connectivity index (χ0v) is 8.48. The van der Waals surface area contributed by atoms with Crippen molar-refractivity contribution in [1.29, 1.82) is 0 Å². The molecule has 1 aromatic heterocycles. The predicted octanol–water partition coefficient (Wildman–Crippen LogP) is 1.89. The summed E-state index contributed by atoms with van der Waals surface area (Å²) in [5.41, 5.74) is 1.74. The number of aromatic hydroxyl groups is 1. The van der Waals surface area contributed by atoms with E-state index in [1.54, 1.807) is 12.1 Å². The number of carboxylic acids is 1. The lowest BCUT2D eigenvalue weighted by molar-refractivity contribution is 0.0694. The van der Waals surface area contributed by atoms with E-state index in [-0.39, 0.29) is 11.3 Å². The second kappa shape index (κ2) is 3.02. The minimum Gasteiger partial charge on any atom is -0.506 e. The zero-order valence-electron chi connectivity index (χ0n) is 8.48. The van der Waals surface area contributed by atoms with Crippen molar-refractivity contribution in [3.8, 4) is 5.75 Å². The molecule has 0 bridgehead atoms. The van der Waals surface area contributed by atoms with Gasteiger partial charge in [-0.2, -0.15) is 0 Å². The number of hydrogen-bond acceptors (Lipinski definition) is 2. The van der Waals surface area contributed by atoms with Crippen molar-refractivity contribution in [3.63, 3.8) is 0 Å². The Labute approximate surface area is 86.4 Å². The van der Waals surface area contributed by atoms with Gasteiger partial charge in [0.1, 0.15) is 11.3 Å². The van der Waals surface area contributed by atoms with Gasteiger partial charge in [-0.1, -0.05) is 0 Å². The highest BCUT2D eigenvalue weighted by atomic mass is 16.4. The fourth-order valence-corrected chi connectivity index (χ4v) is 1.70. The number of phenols is 1. The summed E-state index contributed by atoms with van der Waals surface area (Å²) >= 11 is 0. The van der Waals surface area contributed by atoms with Crippen LogP contribution in [-0.4, -0.2) is 20.7 Å². The molecule has 2 N–H and O–H groups in total. The molecule has 0 fully saturated rings. The second-order valence-electron chi connectivity index (χ2n) is 3.54. The maximum Gasteiger partial charge on any atom is 0.339 e. The van der Waals surface area contributed by atoms with Crippen LogP contribution < -0.4 is 0 Å². The first-order valence-corrected chi connectivity index (χ1v) is 4.53. The van der Waals surface area contributed by atoms with Gasteiger partial charge in [-0.25, -0.2) is 4.79 Å². The van der Waals surface area contributed by atoms with Crippen molar-refractivity contribution in [1.82, 2.24) is 4.57 Å². The highest BCUT2D eigenvalue weighted by Gasteiger charge is 2.14. The first-order chi connectivity index (χ1) is 7.02. The van der Waals surface area contributed by atoms with Crippen molar-refractivity contribution in [2.75, 3.05) is 0 Å². The van der Waals surface area contributed by atoms with Crippen LogP contribution in [0.1, 0.15) is 16.1 Å². The number of aromatic carboxylic acids is 1. The van der Waals surface area contributed by atoms with Gasteiger partial charge < -0.3 is 14.8 Å². The lowest BCUT2D eigenvalue weighted by Crippen LogP contribution is -1.97. The molecule has 2 aromatic rings.